The smallest absolute Gasteiger partial charge is 0.191 e. The summed E-state index contributed by atoms with van der Waals surface area (Å²) in [5.41, 5.74) is 2.52. The van der Waals surface area contributed by atoms with E-state index in [9.17, 15) is 0 Å². The van der Waals surface area contributed by atoms with Crippen molar-refractivity contribution < 1.29 is 0 Å². The molecule has 0 spiro atoms. The second kappa shape index (κ2) is 11.7. The van der Waals surface area contributed by atoms with E-state index in [0.717, 1.165) is 36.7 Å². The first-order valence-corrected chi connectivity index (χ1v) is 8.30. The van der Waals surface area contributed by atoms with Gasteiger partial charge in [-0.15, -0.1) is 24.0 Å². The minimum absolute atomic E-state index is 0. The van der Waals surface area contributed by atoms with Gasteiger partial charge in [0.2, 0.25) is 0 Å². The molecule has 0 unspecified atom stereocenters. The fraction of sp³-hybridized carbons (Fsp3) is 0.368. The maximum absolute atomic E-state index is 4.42. The van der Waals surface area contributed by atoms with Crippen molar-refractivity contribution in [1.29, 1.82) is 0 Å². The summed E-state index contributed by atoms with van der Waals surface area (Å²) in [5, 5.41) is 6.72. The fourth-order valence-corrected chi connectivity index (χ4v) is 2.51. The predicted molar refractivity (Wildman–Crippen MR) is 117 cm³/mol. The molecular weight excluding hydrogens is 425 g/mol. The van der Waals surface area contributed by atoms with E-state index < -0.39 is 0 Å². The van der Waals surface area contributed by atoms with Gasteiger partial charge in [-0.3, -0.25) is 4.99 Å². The molecule has 25 heavy (non-hydrogen) atoms. The molecule has 0 saturated carbocycles. The molecule has 0 saturated heterocycles. The number of aryl methyl sites for hydroxylation is 1. The number of pyridine rings is 1. The quantitative estimate of drug-likeness (QED) is 0.293. The van der Waals surface area contributed by atoms with Gasteiger partial charge < -0.3 is 15.5 Å². The zero-order valence-electron chi connectivity index (χ0n) is 15.2. The number of guanidine groups is 1. The van der Waals surface area contributed by atoms with Crippen molar-refractivity contribution in [3.8, 4) is 0 Å². The van der Waals surface area contributed by atoms with E-state index >= 15 is 0 Å². The van der Waals surface area contributed by atoms with Crippen LogP contribution in [0.25, 0.3) is 0 Å². The van der Waals surface area contributed by atoms with Gasteiger partial charge >= 0.3 is 0 Å². The molecule has 0 aliphatic heterocycles. The third-order valence-corrected chi connectivity index (χ3v) is 3.74. The molecule has 136 valence electrons. The zero-order valence-corrected chi connectivity index (χ0v) is 17.5. The molecule has 6 heteroatoms. The summed E-state index contributed by atoms with van der Waals surface area (Å²) in [4.78, 5) is 10.7. The van der Waals surface area contributed by atoms with E-state index in [1.807, 2.05) is 37.3 Å². The van der Waals surface area contributed by atoms with Crippen LogP contribution in [0.5, 0.6) is 0 Å². The normalized spacial score (nSPS) is 10.8. The van der Waals surface area contributed by atoms with E-state index in [-0.39, 0.29) is 24.0 Å². The van der Waals surface area contributed by atoms with E-state index in [0.29, 0.717) is 6.54 Å². The summed E-state index contributed by atoms with van der Waals surface area (Å²) in [7, 11) is 5.80. The largest absolute Gasteiger partial charge is 0.362 e. The molecule has 0 aliphatic carbocycles. The zero-order chi connectivity index (χ0) is 17.2. The van der Waals surface area contributed by atoms with Gasteiger partial charge in [0.15, 0.2) is 5.96 Å². The number of benzene rings is 1. The van der Waals surface area contributed by atoms with Gasteiger partial charge in [0.25, 0.3) is 0 Å². The Kier molecular flexibility index (Phi) is 9.91. The van der Waals surface area contributed by atoms with Gasteiger partial charge in [-0.25, -0.2) is 4.98 Å². The number of nitrogens with one attached hydrogen (secondary N) is 2. The average Bonchev–Trinajstić information content (AvgIpc) is 2.62. The molecular formula is C19H28IN5. The summed E-state index contributed by atoms with van der Waals surface area (Å²) < 4.78 is 0. The molecule has 2 N–H and O–H groups in total. The lowest BCUT2D eigenvalue weighted by molar-refractivity contribution is 0.741. The monoisotopic (exact) mass is 453 g/mol. The lowest BCUT2D eigenvalue weighted by atomic mass is 10.1. The van der Waals surface area contributed by atoms with Crippen LogP contribution in [0.4, 0.5) is 5.82 Å². The Morgan fingerprint density at radius 1 is 1.08 bits per heavy atom. The number of halogens is 1. The Bertz CT molecular complexity index is 643. The Morgan fingerprint density at radius 2 is 1.84 bits per heavy atom. The number of aromatic nitrogens is 1. The van der Waals surface area contributed by atoms with Crippen LogP contribution in [-0.4, -0.2) is 38.6 Å². The van der Waals surface area contributed by atoms with E-state index in [1.54, 1.807) is 7.05 Å². The Balaban J connectivity index is 0.00000312. The highest BCUT2D eigenvalue weighted by Gasteiger charge is 2.06. The molecule has 0 fully saturated rings. The summed E-state index contributed by atoms with van der Waals surface area (Å²) >= 11 is 0. The van der Waals surface area contributed by atoms with Crippen molar-refractivity contribution in [1.82, 2.24) is 15.6 Å². The molecule has 1 heterocycles. The maximum atomic E-state index is 4.42. The third kappa shape index (κ3) is 7.29. The molecule has 2 aromatic rings. The van der Waals surface area contributed by atoms with Crippen LogP contribution in [0.2, 0.25) is 0 Å². The number of hydrogen-bond donors (Lipinski definition) is 2. The van der Waals surface area contributed by atoms with Crippen LogP contribution in [0.1, 0.15) is 17.5 Å². The molecule has 1 aromatic carbocycles. The lowest BCUT2D eigenvalue weighted by Crippen LogP contribution is -2.37. The highest BCUT2D eigenvalue weighted by atomic mass is 127. The van der Waals surface area contributed by atoms with Crippen molar-refractivity contribution >= 4 is 35.8 Å². The minimum Gasteiger partial charge on any atom is -0.362 e. The van der Waals surface area contributed by atoms with Crippen LogP contribution >= 0.6 is 24.0 Å². The molecule has 0 aliphatic rings. The standard InChI is InChI=1S/C19H27N5.HI/c1-20-19(22-14-7-11-16-9-5-4-6-10-16)23-15-17-12-8-13-21-18(17)24(2)3;/h4-6,8-10,12-13H,7,11,14-15H2,1-3H3,(H2,20,22,23);1H. The van der Waals surface area contributed by atoms with Crippen molar-refractivity contribution in [2.45, 2.75) is 19.4 Å². The van der Waals surface area contributed by atoms with E-state index in [1.165, 1.54) is 5.56 Å². The number of rotatable bonds is 7. The molecule has 2 rings (SSSR count). The number of hydrogen-bond acceptors (Lipinski definition) is 3. The molecule has 0 radical (unpaired) electrons. The van der Waals surface area contributed by atoms with Gasteiger partial charge in [-0.2, -0.15) is 0 Å². The Hall–Kier alpha value is -1.83. The van der Waals surface area contributed by atoms with Crippen LogP contribution < -0.4 is 15.5 Å². The van der Waals surface area contributed by atoms with Crippen LogP contribution in [0.15, 0.2) is 53.7 Å². The van der Waals surface area contributed by atoms with Crippen LogP contribution in [0, 0.1) is 0 Å². The van der Waals surface area contributed by atoms with Crippen molar-refractivity contribution in [3.63, 3.8) is 0 Å². The first-order valence-electron chi connectivity index (χ1n) is 8.30. The van der Waals surface area contributed by atoms with Gasteiger partial charge in [0.1, 0.15) is 5.82 Å². The SMILES string of the molecule is CN=C(NCCCc1ccccc1)NCc1cccnc1N(C)C.I. The van der Waals surface area contributed by atoms with Crippen molar-refractivity contribution in [3.05, 3.63) is 59.8 Å². The summed E-state index contributed by atoms with van der Waals surface area (Å²) in [6, 6.07) is 14.6. The van der Waals surface area contributed by atoms with E-state index in [4.69, 9.17) is 0 Å². The van der Waals surface area contributed by atoms with Crippen LogP contribution in [0.3, 0.4) is 0 Å². The van der Waals surface area contributed by atoms with Gasteiger partial charge in [-0.1, -0.05) is 36.4 Å². The predicted octanol–water partition coefficient (Wildman–Crippen LogP) is 3.06. The number of aliphatic imine (C=N–C) groups is 1. The molecule has 5 nitrogen and oxygen atoms in total. The summed E-state index contributed by atoms with van der Waals surface area (Å²) in [6.45, 7) is 1.59. The third-order valence-electron chi connectivity index (χ3n) is 3.74. The average molecular weight is 453 g/mol. The minimum atomic E-state index is 0. The number of nitrogens with zero attached hydrogens (tertiary/aromatic N) is 3. The second-order valence-corrected chi connectivity index (χ2v) is 5.82. The van der Waals surface area contributed by atoms with Crippen molar-refractivity contribution in [2.24, 2.45) is 4.99 Å². The first kappa shape index (κ1) is 21.2. The Labute approximate surface area is 168 Å². The number of anilines is 1. The Morgan fingerprint density at radius 3 is 2.52 bits per heavy atom. The second-order valence-electron chi connectivity index (χ2n) is 5.82. The highest BCUT2D eigenvalue weighted by molar-refractivity contribution is 14.0. The topological polar surface area (TPSA) is 52.6 Å². The van der Waals surface area contributed by atoms with Gasteiger partial charge in [0.05, 0.1) is 0 Å². The lowest BCUT2D eigenvalue weighted by Gasteiger charge is -2.17. The van der Waals surface area contributed by atoms with Crippen molar-refractivity contribution in [2.75, 3.05) is 32.6 Å². The maximum Gasteiger partial charge on any atom is 0.191 e. The first-order chi connectivity index (χ1) is 11.7. The highest BCUT2D eigenvalue weighted by Crippen LogP contribution is 2.13. The molecule has 1 aromatic heterocycles. The van der Waals surface area contributed by atoms with Crippen LogP contribution in [-0.2, 0) is 13.0 Å². The summed E-state index contributed by atoms with van der Waals surface area (Å²) in [5.74, 6) is 1.79. The fourth-order valence-electron chi connectivity index (χ4n) is 2.51. The summed E-state index contributed by atoms with van der Waals surface area (Å²) in [6.07, 6.45) is 3.95. The molecule has 0 atom stereocenters. The molecule has 0 bridgehead atoms. The van der Waals surface area contributed by atoms with Gasteiger partial charge in [0, 0.05) is 46.0 Å². The van der Waals surface area contributed by atoms with Gasteiger partial charge in [-0.05, 0) is 24.5 Å². The molecule has 0 amide bonds. The van der Waals surface area contributed by atoms with E-state index in [2.05, 4.69) is 50.9 Å².